The Balaban J connectivity index is 1.60. The number of fused-ring (bicyclic) bond motifs is 2. The van der Waals surface area contributed by atoms with E-state index >= 15 is 0 Å². The minimum Gasteiger partial charge on any atom is -0.494 e. The summed E-state index contributed by atoms with van der Waals surface area (Å²) in [5, 5.41) is 2.61. The van der Waals surface area contributed by atoms with E-state index in [2.05, 4.69) is 10.3 Å². The minimum atomic E-state index is -1.07. The molecular weight excluding hydrogens is 364 g/mol. The topological polar surface area (TPSA) is 123 Å². The molecule has 28 heavy (non-hydrogen) atoms. The molecule has 3 rings (SSSR count). The van der Waals surface area contributed by atoms with Crippen molar-refractivity contribution in [3.05, 3.63) is 23.8 Å². The Morgan fingerprint density at radius 2 is 2.00 bits per heavy atom. The number of guanidine groups is 1. The lowest BCUT2D eigenvalue weighted by Gasteiger charge is -2.33. The summed E-state index contributed by atoms with van der Waals surface area (Å²) < 4.78 is 10.7. The van der Waals surface area contributed by atoms with Crippen LogP contribution in [-0.2, 0) is 19.1 Å². The van der Waals surface area contributed by atoms with E-state index in [1.807, 2.05) is 25.1 Å². The number of carbonyl (C=O) groups is 3. The highest BCUT2D eigenvalue weighted by atomic mass is 16.5. The largest absolute Gasteiger partial charge is 0.494 e. The van der Waals surface area contributed by atoms with Gasteiger partial charge < -0.3 is 20.1 Å². The smallest absolute Gasteiger partial charge is 0.302 e. The minimum absolute atomic E-state index is 0.258. The van der Waals surface area contributed by atoms with Gasteiger partial charge in [0.2, 0.25) is 11.9 Å². The number of primary amides is 1. The summed E-state index contributed by atoms with van der Waals surface area (Å²) >= 11 is 0. The average molecular weight is 388 g/mol. The molecule has 1 saturated heterocycles. The van der Waals surface area contributed by atoms with Gasteiger partial charge in [-0.2, -0.15) is 0 Å². The van der Waals surface area contributed by atoms with Gasteiger partial charge in [0, 0.05) is 12.5 Å². The standard InChI is InChI=1S/C19H24N4O5/c1-11-14-10-13(28-9-5-3-4-8-27-12(2)24)6-7-15(14)21-19-22-18(26)16(17(20)25)23(11)19/h6-7,10-11,16H,3-5,8-9H2,1-2H3,(H2,20,25)(H,21,22,26). The molecule has 2 heterocycles. The zero-order valence-corrected chi connectivity index (χ0v) is 15.9. The fourth-order valence-electron chi connectivity index (χ4n) is 3.36. The van der Waals surface area contributed by atoms with Gasteiger partial charge in [-0.3, -0.25) is 19.7 Å². The average Bonchev–Trinajstić information content (AvgIpc) is 2.97. The van der Waals surface area contributed by atoms with Crippen LogP contribution in [0.1, 0.15) is 44.7 Å². The van der Waals surface area contributed by atoms with Crippen LogP contribution in [0.5, 0.6) is 5.75 Å². The summed E-state index contributed by atoms with van der Waals surface area (Å²) in [6, 6.07) is 4.21. The van der Waals surface area contributed by atoms with Crippen LogP contribution in [0.4, 0.5) is 5.69 Å². The Labute approximate surface area is 162 Å². The number of aliphatic imine (C=N–C) groups is 1. The van der Waals surface area contributed by atoms with Gasteiger partial charge in [-0.1, -0.05) is 0 Å². The van der Waals surface area contributed by atoms with Crippen molar-refractivity contribution in [2.24, 2.45) is 10.7 Å². The molecule has 0 spiro atoms. The number of amides is 2. The van der Waals surface area contributed by atoms with E-state index in [1.165, 1.54) is 6.92 Å². The van der Waals surface area contributed by atoms with E-state index in [-0.39, 0.29) is 12.0 Å². The first-order chi connectivity index (χ1) is 13.4. The molecule has 150 valence electrons. The second-order valence-corrected chi connectivity index (χ2v) is 6.78. The van der Waals surface area contributed by atoms with E-state index in [1.54, 1.807) is 4.90 Å². The maximum absolute atomic E-state index is 12.0. The maximum atomic E-state index is 12.0. The molecule has 0 radical (unpaired) electrons. The number of unbranched alkanes of at least 4 members (excludes halogenated alkanes) is 2. The van der Waals surface area contributed by atoms with Crippen molar-refractivity contribution in [1.29, 1.82) is 0 Å². The summed E-state index contributed by atoms with van der Waals surface area (Å²) in [6.07, 6.45) is 2.53. The Bertz CT molecular complexity index is 823. The summed E-state index contributed by atoms with van der Waals surface area (Å²) in [5.41, 5.74) is 6.97. The van der Waals surface area contributed by atoms with Crippen LogP contribution < -0.4 is 15.8 Å². The lowest BCUT2D eigenvalue weighted by atomic mass is 10.0. The van der Waals surface area contributed by atoms with Gasteiger partial charge in [0.25, 0.3) is 5.91 Å². The Morgan fingerprint density at radius 1 is 1.25 bits per heavy atom. The molecule has 9 heteroatoms. The zero-order valence-electron chi connectivity index (χ0n) is 15.9. The fraction of sp³-hybridized carbons (Fsp3) is 0.474. The predicted octanol–water partition coefficient (Wildman–Crippen LogP) is 1.15. The van der Waals surface area contributed by atoms with E-state index in [9.17, 15) is 14.4 Å². The molecule has 9 nitrogen and oxygen atoms in total. The van der Waals surface area contributed by atoms with Gasteiger partial charge in [0.05, 0.1) is 24.9 Å². The maximum Gasteiger partial charge on any atom is 0.302 e. The van der Waals surface area contributed by atoms with Crippen molar-refractivity contribution < 1.29 is 23.9 Å². The highest BCUT2D eigenvalue weighted by molar-refractivity contribution is 6.17. The van der Waals surface area contributed by atoms with Crippen LogP contribution in [0.25, 0.3) is 0 Å². The zero-order chi connectivity index (χ0) is 20.3. The number of esters is 1. The monoisotopic (exact) mass is 388 g/mol. The third-order valence-electron chi connectivity index (χ3n) is 4.73. The Kier molecular flexibility index (Phi) is 5.81. The van der Waals surface area contributed by atoms with Crippen LogP contribution in [-0.4, -0.2) is 47.9 Å². The molecule has 1 aromatic rings. The lowest BCUT2D eigenvalue weighted by Crippen LogP contribution is -2.47. The lowest BCUT2D eigenvalue weighted by molar-refractivity contribution is -0.141. The number of rotatable bonds is 8. The Hall–Kier alpha value is -3.10. The normalized spacial score (nSPS) is 20.0. The molecule has 0 aromatic heterocycles. The molecule has 2 aliphatic rings. The Morgan fingerprint density at radius 3 is 2.71 bits per heavy atom. The van der Waals surface area contributed by atoms with E-state index in [0.29, 0.717) is 24.9 Å². The van der Waals surface area contributed by atoms with Crippen LogP contribution in [0.2, 0.25) is 0 Å². The molecule has 2 atom stereocenters. The van der Waals surface area contributed by atoms with Crippen molar-refractivity contribution in [3.63, 3.8) is 0 Å². The second-order valence-electron chi connectivity index (χ2n) is 6.78. The molecule has 2 unspecified atom stereocenters. The van der Waals surface area contributed by atoms with Gasteiger partial charge >= 0.3 is 5.97 Å². The molecule has 2 aliphatic heterocycles. The summed E-state index contributed by atoms with van der Waals surface area (Å²) in [5.74, 6) is -0.400. The number of carbonyl (C=O) groups excluding carboxylic acids is 3. The first-order valence-corrected chi connectivity index (χ1v) is 9.26. The molecular formula is C19H24N4O5. The quantitative estimate of drug-likeness (QED) is 0.391. The van der Waals surface area contributed by atoms with Crippen molar-refractivity contribution in [1.82, 2.24) is 10.2 Å². The molecule has 0 bridgehead atoms. The molecule has 0 saturated carbocycles. The van der Waals surface area contributed by atoms with Crippen LogP contribution in [0, 0.1) is 0 Å². The van der Waals surface area contributed by atoms with E-state index in [4.69, 9.17) is 15.2 Å². The number of nitrogens with two attached hydrogens (primary N) is 1. The highest BCUT2D eigenvalue weighted by Crippen LogP contribution is 2.39. The highest BCUT2D eigenvalue weighted by Gasteiger charge is 2.45. The van der Waals surface area contributed by atoms with Crippen molar-refractivity contribution in [2.45, 2.75) is 45.2 Å². The van der Waals surface area contributed by atoms with E-state index < -0.39 is 17.9 Å². The summed E-state index contributed by atoms with van der Waals surface area (Å²) in [6.45, 7) is 4.25. The SMILES string of the molecule is CC(=O)OCCCCCOc1ccc2c(c1)C(C)N1C(=N2)NC(=O)C1C(N)=O. The van der Waals surface area contributed by atoms with Crippen molar-refractivity contribution >= 4 is 29.4 Å². The van der Waals surface area contributed by atoms with Gasteiger partial charge in [0.1, 0.15) is 5.75 Å². The van der Waals surface area contributed by atoms with Crippen LogP contribution >= 0.6 is 0 Å². The summed E-state index contributed by atoms with van der Waals surface area (Å²) in [4.78, 5) is 40.5. The van der Waals surface area contributed by atoms with E-state index in [0.717, 1.165) is 30.5 Å². The van der Waals surface area contributed by atoms with Crippen molar-refractivity contribution in [2.75, 3.05) is 13.2 Å². The first-order valence-electron chi connectivity index (χ1n) is 9.26. The van der Waals surface area contributed by atoms with Gasteiger partial charge in [0.15, 0.2) is 6.04 Å². The second kappa shape index (κ2) is 8.28. The van der Waals surface area contributed by atoms with Crippen LogP contribution in [0.15, 0.2) is 23.2 Å². The number of ether oxygens (including phenoxy) is 2. The number of hydrogen-bond donors (Lipinski definition) is 2. The number of nitrogens with one attached hydrogen (secondary N) is 1. The molecule has 0 aliphatic carbocycles. The third-order valence-corrected chi connectivity index (χ3v) is 4.73. The van der Waals surface area contributed by atoms with Gasteiger partial charge in [-0.15, -0.1) is 0 Å². The third kappa shape index (κ3) is 4.08. The van der Waals surface area contributed by atoms with Crippen molar-refractivity contribution in [3.8, 4) is 5.75 Å². The predicted molar refractivity (Wildman–Crippen MR) is 101 cm³/mol. The molecule has 3 N–H and O–H groups in total. The first kappa shape index (κ1) is 19.7. The fourth-order valence-corrected chi connectivity index (χ4v) is 3.36. The van der Waals surface area contributed by atoms with Gasteiger partial charge in [-0.05, 0) is 44.4 Å². The van der Waals surface area contributed by atoms with Gasteiger partial charge in [-0.25, -0.2) is 4.99 Å². The van der Waals surface area contributed by atoms with Crippen LogP contribution in [0.3, 0.4) is 0 Å². The molecule has 2 amide bonds. The molecule has 1 fully saturated rings. The molecule has 1 aromatic carbocycles. The number of hydrogen-bond acceptors (Lipinski definition) is 7. The number of nitrogens with zero attached hydrogens (tertiary/aromatic N) is 2. The summed E-state index contributed by atoms with van der Waals surface area (Å²) in [7, 11) is 0. The number of benzene rings is 1.